The summed E-state index contributed by atoms with van der Waals surface area (Å²) in [6.45, 7) is 4.07. The largest absolute Gasteiger partial charge is 0.370 e. The number of anilines is 1. The smallest absolute Gasteiger partial charge is 0.321 e. The summed E-state index contributed by atoms with van der Waals surface area (Å²) in [6.07, 6.45) is 4.28. The molecule has 1 aliphatic rings. The van der Waals surface area contributed by atoms with Gasteiger partial charge in [0.25, 0.3) is 0 Å². The van der Waals surface area contributed by atoms with Gasteiger partial charge in [0.1, 0.15) is 5.60 Å². The maximum atomic E-state index is 5.59. The van der Waals surface area contributed by atoms with Crippen LogP contribution < -0.4 is 5.32 Å². The molecule has 1 saturated carbocycles. The van der Waals surface area contributed by atoms with E-state index in [2.05, 4.69) is 15.5 Å². The number of hydrogen-bond donors (Lipinski definition) is 1. The lowest BCUT2D eigenvalue weighted by atomic mass is 10.0. The van der Waals surface area contributed by atoms with Crippen LogP contribution in [0.2, 0.25) is 0 Å². The Hall–Kier alpha value is -1.10. The Kier molecular flexibility index (Phi) is 3.14. The van der Waals surface area contributed by atoms with Crippen molar-refractivity contribution in [1.29, 1.82) is 0 Å². The first kappa shape index (κ1) is 11.4. The van der Waals surface area contributed by atoms with E-state index in [0.717, 1.165) is 25.7 Å². The number of rotatable bonds is 4. The molecule has 0 radical (unpaired) electrons. The molecule has 0 atom stereocenters. The number of ether oxygens (including phenoxy) is 1. The van der Waals surface area contributed by atoms with Crippen molar-refractivity contribution >= 4 is 6.01 Å². The quantitative estimate of drug-likeness (QED) is 0.852. The monoisotopic (exact) mass is 225 g/mol. The van der Waals surface area contributed by atoms with Gasteiger partial charge in [-0.2, -0.15) is 4.98 Å². The van der Waals surface area contributed by atoms with Gasteiger partial charge >= 0.3 is 6.01 Å². The van der Waals surface area contributed by atoms with E-state index < -0.39 is 0 Å². The molecule has 0 aliphatic heterocycles. The number of methoxy groups -OCH3 is 1. The Bertz CT molecular complexity index is 343. The lowest BCUT2D eigenvalue weighted by Gasteiger charge is -2.22. The lowest BCUT2D eigenvalue weighted by molar-refractivity contribution is -0.0178. The SMILES string of the molecule is COC1(c2noc(NC(C)C)n2)CCCC1. The van der Waals surface area contributed by atoms with Gasteiger partial charge in [-0.05, 0) is 39.5 Å². The molecule has 0 saturated heterocycles. The first-order chi connectivity index (χ1) is 7.66. The van der Waals surface area contributed by atoms with Crippen molar-refractivity contribution in [3.05, 3.63) is 5.82 Å². The van der Waals surface area contributed by atoms with Crippen molar-refractivity contribution in [2.45, 2.75) is 51.2 Å². The molecule has 0 amide bonds. The van der Waals surface area contributed by atoms with Crippen LogP contribution in [0.25, 0.3) is 0 Å². The highest BCUT2D eigenvalue weighted by Gasteiger charge is 2.40. The van der Waals surface area contributed by atoms with Crippen LogP contribution in [-0.2, 0) is 10.3 Å². The fraction of sp³-hybridized carbons (Fsp3) is 0.818. The third-order valence-corrected chi connectivity index (χ3v) is 3.05. The maximum absolute atomic E-state index is 5.59. The first-order valence-corrected chi connectivity index (χ1v) is 5.82. The van der Waals surface area contributed by atoms with E-state index in [4.69, 9.17) is 9.26 Å². The molecule has 0 bridgehead atoms. The van der Waals surface area contributed by atoms with Crippen molar-refractivity contribution in [2.75, 3.05) is 12.4 Å². The Labute approximate surface area is 95.6 Å². The van der Waals surface area contributed by atoms with E-state index in [1.54, 1.807) is 7.11 Å². The summed E-state index contributed by atoms with van der Waals surface area (Å²) in [5, 5.41) is 7.11. The van der Waals surface area contributed by atoms with Gasteiger partial charge in [0, 0.05) is 13.2 Å². The van der Waals surface area contributed by atoms with Crippen LogP contribution in [0.3, 0.4) is 0 Å². The molecule has 1 aliphatic carbocycles. The Balaban J connectivity index is 2.16. The van der Waals surface area contributed by atoms with Gasteiger partial charge in [-0.3, -0.25) is 0 Å². The number of nitrogens with one attached hydrogen (secondary N) is 1. The molecule has 16 heavy (non-hydrogen) atoms. The molecule has 90 valence electrons. The second-order valence-electron chi connectivity index (χ2n) is 4.63. The van der Waals surface area contributed by atoms with Gasteiger partial charge in [0.2, 0.25) is 5.82 Å². The van der Waals surface area contributed by atoms with Crippen molar-refractivity contribution in [3.63, 3.8) is 0 Å². The first-order valence-electron chi connectivity index (χ1n) is 5.82. The van der Waals surface area contributed by atoms with Crippen molar-refractivity contribution in [2.24, 2.45) is 0 Å². The van der Waals surface area contributed by atoms with Gasteiger partial charge in [-0.1, -0.05) is 5.16 Å². The van der Waals surface area contributed by atoms with Crippen LogP contribution in [0.1, 0.15) is 45.4 Å². The van der Waals surface area contributed by atoms with Gasteiger partial charge in [-0.25, -0.2) is 0 Å². The molecule has 2 rings (SSSR count). The molecule has 1 aromatic rings. The van der Waals surface area contributed by atoms with Crippen LogP contribution >= 0.6 is 0 Å². The van der Waals surface area contributed by atoms with Crippen LogP contribution in [-0.4, -0.2) is 23.3 Å². The van der Waals surface area contributed by atoms with E-state index in [1.807, 2.05) is 13.8 Å². The molecule has 1 N–H and O–H groups in total. The zero-order chi connectivity index (χ0) is 11.6. The van der Waals surface area contributed by atoms with Gasteiger partial charge in [0.15, 0.2) is 0 Å². The third-order valence-electron chi connectivity index (χ3n) is 3.05. The molecule has 5 nitrogen and oxygen atoms in total. The number of nitrogens with zero attached hydrogens (tertiary/aromatic N) is 2. The van der Waals surface area contributed by atoms with E-state index in [9.17, 15) is 0 Å². The van der Waals surface area contributed by atoms with Crippen LogP contribution in [0.4, 0.5) is 6.01 Å². The van der Waals surface area contributed by atoms with Gasteiger partial charge in [0.05, 0.1) is 0 Å². The minimum absolute atomic E-state index is 0.287. The molecular weight excluding hydrogens is 206 g/mol. The zero-order valence-electron chi connectivity index (χ0n) is 10.1. The normalized spacial score (nSPS) is 19.2. The van der Waals surface area contributed by atoms with Gasteiger partial charge in [-0.15, -0.1) is 0 Å². The highest BCUT2D eigenvalue weighted by atomic mass is 16.5. The van der Waals surface area contributed by atoms with E-state index in [-0.39, 0.29) is 11.6 Å². The summed E-state index contributed by atoms with van der Waals surface area (Å²) in [5.74, 6) is 0.677. The summed E-state index contributed by atoms with van der Waals surface area (Å²) in [7, 11) is 1.72. The average molecular weight is 225 g/mol. The predicted octanol–water partition coefficient (Wildman–Crippen LogP) is 2.31. The third kappa shape index (κ3) is 2.04. The molecule has 5 heteroatoms. The summed E-state index contributed by atoms with van der Waals surface area (Å²) >= 11 is 0. The molecular formula is C11H19N3O2. The number of aromatic nitrogens is 2. The lowest BCUT2D eigenvalue weighted by Crippen LogP contribution is -2.26. The minimum atomic E-state index is -0.319. The maximum Gasteiger partial charge on any atom is 0.321 e. The molecule has 0 aromatic carbocycles. The molecule has 0 unspecified atom stereocenters. The Morgan fingerprint density at radius 2 is 2.06 bits per heavy atom. The second kappa shape index (κ2) is 4.41. The van der Waals surface area contributed by atoms with Crippen molar-refractivity contribution < 1.29 is 9.26 Å². The van der Waals surface area contributed by atoms with Crippen molar-refractivity contribution in [3.8, 4) is 0 Å². The average Bonchev–Trinajstić information content (AvgIpc) is 2.85. The molecule has 1 fully saturated rings. The molecule has 1 heterocycles. The minimum Gasteiger partial charge on any atom is -0.370 e. The zero-order valence-corrected chi connectivity index (χ0v) is 10.1. The number of hydrogen-bond acceptors (Lipinski definition) is 5. The standard InChI is InChI=1S/C11H19N3O2/c1-8(2)12-10-13-9(14-16-10)11(15-3)6-4-5-7-11/h8H,4-7H2,1-3H3,(H,12,13,14). The topological polar surface area (TPSA) is 60.2 Å². The fourth-order valence-corrected chi connectivity index (χ4v) is 2.18. The Morgan fingerprint density at radius 1 is 1.38 bits per heavy atom. The summed E-state index contributed by atoms with van der Waals surface area (Å²) in [6, 6.07) is 0.767. The van der Waals surface area contributed by atoms with Crippen LogP contribution in [0.5, 0.6) is 0 Å². The summed E-state index contributed by atoms with van der Waals surface area (Å²) in [5.41, 5.74) is -0.319. The van der Waals surface area contributed by atoms with Crippen LogP contribution in [0, 0.1) is 0 Å². The Morgan fingerprint density at radius 3 is 2.62 bits per heavy atom. The van der Waals surface area contributed by atoms with E-state index in [0.29, 0.717) is 11.8 Å². The van der Waals surface area contributed by atoms with E-state index in [1.165, 1.54) is 0 Å². The highest BCUT2D eigenvalue weighted by Crippen LogP contribution is 2.40. The predicted molar refractivity (Wildman–Crippen MR) is 60.2 cm³/mol. The van der Waals surface area contributed by atoms with E-state index >= 15 is 0 Å². The highest BCUT2D eigenvalue weighted by molar-refractivity contribution is 5.21. The molecule has 0 spiro atoms. The van der Waals surface area contributed by atoms with Gasteiger partial charge < -0.3 is 14.6 Å². The summed E-state index contributed by atoms with van der Waals surface area (Å²) in [4.78, 5) is 4.36. The van der Waals surface area contributed by atoms with Crippen molar-refractivity contribution in [1.82, 2.24) is 10.1 Å². The second-order valence-corrected chi connectivity index (χ2v) is 4.63. The summed E-state index contributed by atoms with van der Waals surface area (Å²) < 4.78 is 10.8. The fourth-order valence-electron chi connectivity index (χ4n) is 2.18. The molecule has 1 aromatic heterocycles. The van der Waals surface area contributed by atoms with Crippen LogP contribution in [0.15, 0.2) is 4.52 Å².